The maximum Gasteiger partial charge on any atom is 0.0947 e. The minimum atomic E-state index is -0.0305. The SMILES string of the molecule is NCC(OC[C@H]1CC=CC([C@@H]2C=CC(CNN)=CC2)C2CC21)c1ccc([C@H]2C=CC=CC2)cc1. The number of hydrazine groups is 1. The fraction of sp³-hybridized carbons (Fsp3) is 0.467. The van der Waals surface area contributed by atoms with Crippen molar-refractivity contribution in [3.63, 3.8) is 0 Å². The van der Waals surface area contributed by atoms with Gasteiger partial charge in [0.25, 0.3) is 0 Å². The molecule has 4 heteroatoms. The summed E-state index contributed by atoms with van der Waals surface area (Å²) >= 11 is 0. The Kier molecular flexibility index (Phi) is 7.60. The number of hydrogen-bond acceptors (Lipinski definition) is 4. The fourth-order valence-corrected chi connectivity index (χ4v) is 6.14. The molecule has 5 N–H and O–H groups in total. The Morgan fingerprint density at radius 3 is 2.56 bits per heavy atom. The Morgan fingerprint density at radius 1 is 0.971 bits per heavy atom. The molecule has 1 saturated carbocycles. The first kappa shape index (κ1) is 23.5. The fourth-order valence-electron chi connectivity index (χ4n) is 6.14. The van der Waals surface area contributed by atoms with Crippen molar-refractivity contribution in [1.29, 1.82) is 0 Å². The molecule has 34 heavy (non-hydrogen) atoms. The van der Waals surface area contributed by atoms with Crippen LogP contribution in [0.4, 0.5) is 0 Å². The zero-order valence-corrected chi connectivity index (χ0v) is 20.1. The Hall–Kier alpha value is -2.24. The van der Waals surface area contributed by atoms with Gasteiger partial charge in [-0.25, -0.2) is 0 Å². The highest BCUT2D eigenvalue weighted by atomic mass is 16.5. The highest BCUT2D eigenvalue weighted by Crippen LogP contribution is 2.55. The molecule has 4 unspecified atom stereocenters. The third kappa shape index (κ3) is 5.36. The zero-order chi connectivity index (χ0) is 23.3. The lowest BCUT2D eigenvalue weighted by molar-refractivity contribution is 0.0274. The first-order chi connectivity index (χ1) is 16.8. The van der Waals surface area contributed by atoms with E-state index in [9.17, 15) is 0 Å². The normalized spacial score (nSPS) is 32.7. The van der Waals surface area contributed by atoms with Crippen LogP contribution in [-0.2, 0) is 4.74 Å². The average molecular weight is 458 g/mol. The summed E-state index contributed by atoms with van der Waals surface area (Å²) in [4.78, 5) is 0. The van der Waals surface area contributed by atoms with E-state index in [2.05, 4.69) is 84.4 Å². The Balaban J connectivity index is 1.15. The molecule has 4 nitrogen and oxygen atoms in total. The summed E-state index contributed by atoms with van der Waals surface area (Å²) in [6.45, 7) is 2.06. The molecule has 0 aromatic heterocycles. The predicted molar refractivity (Wildman–Crippen MR) is 140 cm³/mol. The van der Waals surface area contributed by atoms with Gasteiger partial charge >= 0.3 is 0 Å². The summed E-state index contributed by atoms with van der Waals surface area (Å²) in [6.07, 6.45) is 25.3. The van der Waals surface area contributed by atoms with Crippen molar-refractivity contribution in [1.82, 2.24) is 5.43 Å². The highest BCUT2D eigenvalue weighted by Gasteiger charge is 2.49. The third-order valence-corrected chi connectivity index (χ3v) is 8.24. The summed E-state index contributed by atoms with van der Waals surface area (Å²) in [7, 11) is 0. The number of allylic oxidation sites excluding steroid dienone is 8. The van der Waals surface area contributed by atoms with Gasteiger partial charge in [-0.05, 0) is 72.0 Å². The summed E-state index contributed by atoms with van der Waals surface area (Å²) in [5.41, 5.74) is 12.8. The number of nitrogens with one attached hydrogen (secondary N) is 1. The van der Waals surface area contributed by atoms with E-state index >= 15 is 0 Å². The molecule has 1 aromatic rings. The quantitative estimate of drug-likeness (QED) is 0.274. The number of ether oxygens (including phenoxy) is 1. The monoisotopic (exact) mass is 457 g/mol. The van der Waals surface area contributed by atoms with Crippen molar-refractivity contribution in [2.24, 2.45) is 41.2 Å². The van der Waals surface area contributed by atoms with E-state index in [0.717, 1.165) is 44.2 Å². The van der Waals surface area contributed by atoms with E-state index < -0.39 is 0 Å². The molecule has 0 spiro atoms. The summed E-state index contributed by atoms with van der Waals surface area (Å²) < 4.78 is 6.45. The first-order valence-corrected chi connectivity index (χ1v) is 13.0. The van der Waals surface area contributed by atoms with E-state index in [1.165, 1.54) is 23.1 Å². The van der Waals surface area contributed by atoms with Crippen LogP contribution in [0.3, 0.4) is 0 Å². The summed E-state index contributed by atoms with van der Waals surface area (Å²) in [5.74, 6) is 9.37. The Bertz CT molecular complexity index is 973. The lowest BCUT2D eigenvalue weighted by Crippen LogP contribution is -2.25. The molecule has 1 fully saturated rings. The second kappa shape index (κ2) is 11.0. The number of nitrogens with two attached hydrogens (primary N) is 2. The topological polar surface area (TPSA) is 73.3 Å². The first-order valence-electron chi connectivity index (χ1n) is 13.0. The highest BCUT2D eigenvalue weighted by molar-refractivity contribution is 5.32. The lowest BCUT2D eigenvalue weighted by Gasteiger charge is -2.24. The van der Waals surface area contributed by atoms with Crippen molar-refractivity contribution in [3.05, 3.63) is 95.6 Å². The van der Waals surface area contributed by atoms with Crippen LogP contribution in [0.2, 0.25) is 0 Å². The second-order valence-corrected chi connectivity index (χ2v) is 10.4. The molecule has 1 aromatic carbocycles. The molecule has 0 bridgehead atoms. The smallest absolute Gasteiger partial charge is 0.0947 e. The number of benzene rings is 1. The molecule has 0 amide bonds. The molecule has 0 saturated heterocycles. The van der Waals surface area contributed by atoms with Crippen LogP contribution >= 0.6 is 0 Å². The van der Waals surface area contributed by atoms with Crippen LogP contribution in [0.1, 0.15) is 48.8 Å². The minimum Gasteiger partial charge on any atom is -0.372 e. The largest absolute Gasteiger partial charge is 0.372 e. The van der Waals surface area contributed by atoms with Gasteiger partial charge in [-0.15, -0.1) is 0 Å². The Labute approximate surface area is 204 Å². The second-order valence-electron chi connectivity index (χ2n) is 10.4. The molecule has 0 radical (unpaired) electrons. The van der Waals surface area contributed by atoms with Gasteiger partial charge in [-0.3, -0.25) is 11.3 Å². The summed E-state index contributed by atoms with van der Waals surface area (Å²) in [6, 6.07) is 8.90. The molecule has 4 aliphatic carbocycles. The van der Waals surface area contributed by atoms with Crippen molar-refractivity contribution in [2.45, 2.75) is 37.7 Å². The van der Waals surface area contributed by atoms with Gasteiger partial charge < -0.3 is 10.5 Å². The van der Waals surface area contributed by atoms with Crippen molar-refractivity contribution < 1.29 is 4.74 Å². The average Bonchev–Trinajstić information content (AvgIpc) is 3.69. The molecule has 180 valence electrons. The molecule has 5 rings (SSSR count). The van der Waals surface area contributed by atoms with Crippen LogP contribution in [-0.4, -0.2) is 19.7 Å². The van der Waals surface area contributed by atoms with E-state index in [4.69, 9.17) is 16.3 Å². The molecule has 0 heterocycles. The summed E-state index contributed by atoms with van der Waals surface area (Å²) in [5, 5.41) is 0. The molecule has 4 aliphatic rings. The van der Waals surface area contributed by atoms with Crippen molar-refractivity contribution in [3.8, 4) is 0 Å². The molecular weight excluding hydrogens is 418 g/mol. The van der Waals surface area contributed by atoms with Gasteiger partial charge in [0, 0.05) is 19.0 Å². The van der Waals surface area contributed by atoms with Crippen LogP contribution < -0.4 is 17.0 Å². The maximum atomic E-state index is 6.45. The van der Waals surface area contributed by atoms with E-state index in [1.807, 2.05) is 0 Å². The van der Waals surface area contributed by atoms with E-state index in [1.54, 1.807) is 0 Å². The van der Waals surface area contributed by atoms with Gasteiger partial charge in [0.15, 0.2) is 0 Å². The molecule has 7 atom stereocenters. The molecular formula is C30H39N3O. The van der Waals surface area contributed by atoms with Gasteiger partial charge in [0.2, 0.25) is 0 Å². The number of hydrogen-bond donors (Lipinski definition) is 3. The van der Waals surface area contributed by atoms with Crippen LogP contribution in [0.15, 0.2) is 84.5 Å². The molecule has 0 aliphatic heterocycles. The van der Waals surface area contributed by atoms with Crippen LogP contribution in [0.25, 0.3) is 0 Å². The van der Waals surface area contributed by atoms with E-state index in [0.29, 0.717) is 30.2 Å². The van der Waals surface area contributed by atoms with Crippen LogP contribution in [0.5, 0.6) is 0 Å². The van der Waals surface area contributed by atoms with Gasteiger partial charge in [-0.2, -0.15) is 0 Å². The minimum absolute atomic E-state index is 0.0305. The van der Waals surface area contributed by atoms with Crippen LogP contribution in [0, 0.1) is 29.6 Å². The van der Waals surface area contributed by atoms with E-state index in [-0.39, 0.29) is 6.10 Å². The van der Waals surface area contributed by atoms with Crippen molar-refractivity contribution >= 4 is 0 Å². The predicted octanol–water partition coefficient (Wildman–Crippen LogP) is 5.10. The van der Waals surface area contributed by atoms with Gasteiger partial charge in [0.1, 0.15) is 0 Å². The van der Waals surface area contributed by atoms with Crippen molar-refractivity contribution in [2.75, 3.05) is 19.7 Å². The number of rotatable bonds is 9. The zero-order valence-electron chi connectivity index (χ0n) is 20.1. The number of fused-ring (bicyclic) bond motifs is 1. The third-order valence-electron chi connectivity index (χ3n) is 8.24. The van der Waals surface area contributed by atoms with Gasteiger partial charge in [-0.1, -0.05) is 78.9 Å². The lowest BCUT2D eigenvalue weighted by atomic mass is 9.81. The van der Waals surface area contributed by atoms with Gasteiger partial charge in [0.05, 0.1) is 12.7 Å². The Morgan fingerprint density at radius 2 is 1.85 bits per heavy atom. The maximum absolute atomic E-state index is 6.45. The standard InChI is InChI=1S/C30H39N3O/c31-18-30(25-15-13-23(14-16-25)22-5-2-1-3-6-22)34-20-26-7-4-8-27(29-17-28(26)29)24-11-9-21(10-12-24)19-33-32/h1-5,8-11,13-16,22,24,26-30,33H,6-7,12,17-20,31-32H2/t22-,24+,26+,27?,28?,29?,30?/m0/s1.